The average molecular weight is 732 g/mol. The number of aromatic nitrogens is 3. The van der Waals surface area contributed by atoms with Gasteiger partial charge in [0.15, 0.2) is 18.3 Å². The lowest BCUT2D eigenvalue weighted by molar-refractivity contribution is -0.282. The number of anilines is 1. The van der Waals surface area contributed by atoms with Crippen molar-refractivity contribution >= 4 is 47.5 Å². The molecular weight excluding hydrogens is 694 g/mol. The number of hydrogen-bond acceptors (Lipinski definition) is 17. The van der Waals surface area contributed by atoms with Gasteiger partial charge >= 0.3 is 30.0 Å². The lowest BCUT2D eigenvalue weighted by Gasteiger charge is -2.43. The van der Waals surface area contributed by atoms with Crippen LogP contribution in [0.1, 0.15) is 32.8 Å². The van der Waals surface area contributed by atoms with E-state index in [0.29, 0.717) is 5.56 Å². The summed E-state index contributed by atoms with van der Waals surface area (Å²) in [6.45, 7) is 2.39. The molecule has 2 amide bonds. The number of likely N-dealkylation sites (N-methyl/N-ethyl adjacent to an activating group) is 1. The number of methoxy groups -OCH3 is 1. The van der Waals surface area contributed by atoms with Crippen LogP contribution in [-0.4, -0.2) is 126 Å². The van der Waals surface area contributed by atoms with E-state index in [9.17, 15) is 33.6 Å². The van der Waals surface area contributed by atoms with Crippen molar-refractivity contribution in [3.05, 3.63) is 36.4 Å². The van der Waals surface area contributed by atoms with Crippen molar-refractivity contribution in [3.8, 4) is 18.1 Å². The molecule has 2 heterocycles. The van der Waals surface area contributed by atoms with Crippen LogP contribution in [0.3, 0.4) is 0 Å². The van der Waals surface area contributed by atoms with Gasteiger partial charge in [-0.05, 0) is 17.7 Å². The van der Waals surface area contributed by atoms with E-state index in [1.54, 1.807) is 0 Å². The molecule has 0 radical (unpaired) electrons. The summed E-state index contributed by atoms with van der Waals surface area (Å²) in [5, 5.41) is 6.30. The van der Waals surface area contributed by atoms with Crippen LogP contribution >= 0.6 is 0 Å². The molecule has 1 saturated heterocycles. The van der Waals surface area contributed by atoms with Crippen LogP contribution in [0, 0.1) is 12.3 Å². The SMILES string of the molecule is C#CCOCCC(=O)N(C)CC(=O)Nc1cc(COC(=O)n2cncn2)ccc1OC1OC(C(=O)OC)C(OC(C)=O)C(OC(C)=O)C1OC(C)=O. The number of amides is 2. The van der Waals surface area contributed by atoms with Gasteiger partial charge in [0.05, 0.1) is 32.4 Å². The summed E-state index contributed by atoms with van der Waals surface area (Å²) in [4.78, 5) is 92.1. The number of hydrogen-bond donors (Lipinski definition) is 1. The van der Waals surface area contributed by atoms with E-state index < -0.39 is 79.0 Å². The van der Waals surface area contributed by atoms with E-state index >= 15 is 0 Å². The third-order valence-corrected chi connectivity index (χ3v) is 6.82. The summed E-state index contributed by atoms with van der Waals surface area (Å²) < 4.78 is 43.9. The lowest BCUT2D eigenvalue weighted by atomic mass is 9.97. The first-order chi connectivity index (χ1) is 24.7. The zero-order chi connectivity index (χ0) is 38.4. The first-order valence-electron chi connectivity index (χ1n) is 15.3. The summed E-state index contributed by atoms with van der Waals surface area (Å²) in [6, 6.07) is 4.13. The van der Waals surface area contributed by atoms with Gasteiger partial charge in [0.2, 0.25) is 24.2 Å². The molecule has 20 heteroatoms. The highest BCUT2D eigenvalue weighted by atomic mass is 16.7. The van der Waals surface area contributed by atoms with Gasteiger partial charge in [-0.2, -0.15) is 4.68 Å². The van der Waals surface area contributed by atoms with Gasteiger partial charge in [-0.15, -0.1) is 11.5 Å². The van der Waals surface area contributed by atoms with E-state index in [1.807, 2.05) is 0 Å². The van der Waals surface area contributed by atoms with Gasteiger partial charge in [0.25, 0.3) is 0 Å². The van der Waals surface area contributed by atoms with Gasteiger partial charge < -0.3 is 48.1 Å². The number of terminal acetylenes is 1. The monoisotopic (exact) mass is 731 g/mol. The Bertz CT molecular complexity index is 1660. The lowest BCUT2D eigenvalue weighted by Crippen LogP contribution is -2.64. The van der Waals surface area contributed by atoms with Gasteiger partial charge in [-0.3, -0.25) is 24.0 Å². The summed E-state index contributed by atoms with van der Waals surface area (Å²) in [7, 11) is 2.42. The zero-order valence-corrected chi connectivity index (χ0v) is 28.8. The predicted molar refractivity (Wildman–Crippen MR) is 171 cm³/mol. The molecule has 3 rings (SSSR count). The molecule has 1 fully saturated rings. The maximum Gasteiger partial charge on any atom is 0.436 e. The van der Waals surface area contributed by atoms with Crippen molar-refractivity contribution in [2.75, 3.05) is 39.2 Å². The van der Waals surface area contributed by atoms with Crippen LogP contribution in [0.25, 0.3) is 0 Å². The van der Waals surface area contributed by atoms with Gasteiger partial charge in [-0.25, -0.2) is 14.6 Å². The zero-order valence-electron chi connectivity index (χ0n) is 28.8. The molecule has 0 bridgehead atoms. The molecular formula is C32H37N5O15. The molecule has 1 N–H and O–H groups in total. The van der Waals surface area contributed by atoms with Crippen molar-refractivity contribution in [2.24, 2.45) is 0 Å². The normalized spacial score (nSPS) is 19.2. The second kappa shape index (κ2) is 19.4. The molecule has 2 aromatic rings. The van der Waals surface area contributed by atoms with Crippen molar-refractivity contribution in [3.63, 3.8) is 0 Å². The fourth-order valence-corrected chi connectivity index (χ4v) is 4.66. The van der Waals surface area contributed by atoms with E-state index in [1.165, 1.54) is 25.2 Å². The molecule has 0 spiro atoms. The van der Waals surface area contributed by atoms with Gasteiger partial charge in [-0.1, -0.05) is 12.0 Å². The topological polar surface area (TPSA) is 239 Å². The Labute approximate surface area is 296 Å². The van der Waals surface area contributed by atoms with Crippen molar-refractivity contribution < 1.29 is 71.5 Å². The third-order valence-electron chi connectivity index (χ3n) is 6.82. The van der Waals surface area contributed by atoms with Crippen molar-refractivity contribution in [1.29, 1.82) is 0 Å². The molecule has 52 heavy (non-hydrogen) atoms. The summed E-state index contributed by atoms with van der Waals surface area (Å²) in [5.74, 6) is -2.76. The van der Waals surface area contributed by atoms with Crippen LogP contribution in [0.5, 0.6) is 5.75 Å². The standard InChI is InChI=1S/C32H37N5O15/c1-7-11-46-12-10-25(42)36(5)14-24(41)35-22-13-21(15-47-32(44)37-17-33-16-34-37)8-9-23(22)51-31-29(50-20(4)40)27(49-19(3)39)26(48-18(2)38)28(52-31)30(43)45-6/h1,8-9,13,16-17,26-29,31H,10-12,14-15H2,2-6H3,(H,35,41). The maximum absolute atomic E-state index is 13.2. The number of esters is 4. The smallest absolute Gasteiger partial charge is 0.436 e. The fraction of sp³-hybridized carbons (Fsp3) is 0.469. The van der Waals surface area contributed by atoms with Gasteiger partial charge in [0, 0.05) is 27.8 Å². The molecule has 280 valence electrons. The minimum atomic E-state index is -1.76. The predicted octanol–water partition coefficient (Wildman–Crippen LogP) is -0.0284. The Hall–Kier alpha value is -6.07. The van der Waals surface area contributed by atoms with E-state index in [0.717, 1.165) is 50.1 Å². The number of nitrogens with zero attached hydrogens (tertiary/aromatic N) is 4. The number of rotatable bonds is 15. The first-order valence-corrected chi connectivity index (χ1v) is 15.3. The number of nitrogens with one attached hydrogen (secondary N) is 1. The Balaban J connectivity index is 1.98. The second-order valence-electron chi connectivity index (χ2n) is 10.8. The summed E-state index contributed by atoms with van der Waals surface area (Å²) >= 11 is 0. The molecule has 1 aromatic heterocycles. The fourth-order valence-electron chi connectivity index (χ4n) is 4.66. The molecule has 5 unspecified atom stereocenters. The minimum Gasteiger partial charge on any atom is -0.467 e. The number of benzene rings is 1. The number of carbonyl (C=O) groups excluding carboxylic acids is 7. The molecule has 1 aliphatic rings. The Kier molecular flexibility index (Phi) is 15.0. The highest BCUT2D eigenvalue weighted by Gasteiger charge is 2.56. The third kappa shape index (κ3) is 11.8. The summed E-state index contributed by atoms with van der Waals surface area (Å²) in [6.07, 6.45) is -1.98. The maximum atomic E-state index is 13.2. The Morgan fingerprint density at radius 3 is 2.29 bits per heavy atom. The molecule has 1 aromatic carbocycles. The minimum absolute atomic E-state index is 0.0141. The number of ether oxygens (including phenoxy) is 8. The Morgan fingerprint density at radius 1 is 1.00 bits per heavy atom. The molecule has 0 saturated carbocycles. The van der Waals surface area contributed by atoms with Crippen molar-refractivity contribution in [2.45, 2.75) is 64.5 Å². The molecule has 20 nitrogen and oxygen atoms in total. The van der Waals surface area contributed by atoms with Gasteiger partial charge in [0.1, 0.15) is 31.6 Å². The van der Waals surface area contributed by atoms with Crippen LogP contribution in [0.2, 0.25) is 0 Å². The largest absolute Gasteiger partial charge is 0.467 e. The second-order valence-corrected chi connectivity index (χ2v) is 10.8. The van der Waals surface area contributed by atoms with Crippen LogP contribution in [0.4, 0.5) is 10.5 Å². The highest BCUT2D eigenvalue weighted by Crippen LogP contribution is 2.34. The molecule has 0 aliphatic carbocycles. The molecule has 5 atom stereocenters. The van der Waals surface area contributed by atoms with Crippen molar-refractivity contribution in [1.82, 2.24) is 19.7 Å². The summed E-state index contributed by atoms with van der Waals surface area (Å²) in [5.41, 5.74) is 0.260. The quantitative estimate of drug-likeness (QED) is 0.109. The van der Waals surface area contributed by atoms with E-state index in [-0.39, 0.29) is 37.7 Å². The number of carbonyl (C=O) groups is 7. The first kappa shape index (κ1) is 40.4. The van der Waals surface area contributed by atoms with Crippen LogP contribution < -0.4 is 10.1 Å². The van der Waals surface area contributed by atoms with E-state index in [4.69, 9.17) is 44.3 Å². The Morgan fingerprint density at radius 2 is 1.67 bits per heavy atom. The average Bonchev–Trinajstić information content (AvgIpc) is 3.63. The van der Waals surface area contributed by atoms with E-state index in [2.05, 4.69) is 21.3 Å². The van der Waals surface area contributed by atoms with Crippen LogP contribution in [0.15, 0.2) is 30.9 Å². The van der Waals surface area contributed by atoms with Crippen LogP contribution in [-0.2, 0) is 68.5 Å². The highest BCUT2D eigenvalue weighted by molar-refractivity contribution is 5.95. The molecule has 1 aliphatic heterocycles.